The minimum atomic E-state index is -3.51. The van der Waals surface area contributed by atoms with Gasteiger partial charge in [-0.15, -0.1) is 0 Å². The summed E-state index contributed by atoms with van der Waals surface area (Å²) in [6.45, 7) is 3.17. The number of halogens is 1. The zero-order chi connectivity index (χ0) is 14.0. The van der Waals surface area contributed by atoms with Crippen LogP contribution in [0.1, 0.15) is 19.8 Å². The Morgan fingerprint density at radius 1 is 1.47 bits per heavy atom. The number of hydrogen-bond acceptors (Lipinski definition) is 3. The second-order valence-electron chi connectivity index (χ2n) is 4.95. The van der Waals surface area contributed by atoms with Crippen molar-refractivity contribution in [1.82, 2.24) is 4.31 Å². The number of nitrogen functional groups attached to an aromatic ring is 1. The largest absolute Gasteiger partial charge is 0.397 e. The molecule has 1 aliphatic rings. The number of hydrogen-bond donors (Lipinski definition) is 2. The highest BCUT2D eigenvalue weighted by Crippen LogP contribution is 2.25. The zero-order valence-electron chi connectivity index (χ0n) is 10.8. The van der Waals surface area contributed by atoms with Crippen LogP contribution in [-0.4, -0.2) is 25.8 Å². The molecule has 2 rings (SSSR count). The van der Waals surface area contributed by atoms with Gasteiger partial charge < -0.3 is 5.73 Å². The van der Waals surface area contributed by atoms with Gasteiger partial charge >= 0.3 is 10.2 Å². The topological polar surface area (TPSA) is 75.4 Å². The molecule has 1 aromatic carbocycles. The summed E-state index contributed by atoms with van der Waals surface area (Å²) >= 11 is 5.81. The Kier molecular flexibility index (Phi) is 4.23. The van der Waals surface area contributed by atoms with Gasteiger partial charge in [0.25, 0.3) is 0 Å². The number of nitrogens with zero attached hydrogens (tertiary/aromatic N) is 1. The standard InChI is InChI=1S/C12H18ClN3O2S/c1-9-3-2-6-16(8-9)19(17,18)15-10-4-5-11(13)12(14)7-10/h4-5,7,9,15H,2-3,6,8,14H2,1H3. The molecule has 3 N–H and O–H groups in total. The van der Waals surface area contributed by atoms with E-state index in [4.69, 9.17) is 17.3 Å². The van der Waals surface area contributed by atoms with Crippen molar-refractivity contribution in [2.24, 2.45) is 5.92 Å². The Labute approximate surface area is 118 Å². The van der Waals surface area contributed by atoms with Crippen LogP contribution in [-0.2, 0) is 10.2 Å². The Hall–Kier alpha value is -0.980. The Morgan fingerprint density at radius 2 is 2.21 bits per heavy atom. The molecule has 1 fully saturated rings. The normalized spacial score (nSPS) is 21.3. The van der Waals surface area contributed by atoms with Crippen molar-refractivity contribution in [3.05, 3.63) is 23.2 Å². The third kappa shape index (κ3) is 3.52. The van der Waals surface area contributed by atoms with Crippen molar-refractivity contribution in [3.63, 3.8) is 0 Å². The molecule has 0 radical (unpaired) electrons. The highest BCUT2D eigenvalue weighted by molar-refractivity contribution is 7.90. The van der Waals surface area contributed by atoms with Crippen LogP contribution in [0.25, 0.3) is 0 Å². The first-order valence-electron chi connectivity index (χ1n) is 6.21. The second kappa shape index (κ2) is 5.56. The lowest BCUT2D eigenvalue weighted by Gasteiger charge is -2.30. The molecular weight excluding hydrogens is 286 g/mol. The Morgan fingerprint density at radius 3 is 2.84 bits per heavy atom. The smallest absolute Gasteiger partial charge is 0.301 e. The lowest BCUT2D eigenvalue weighted by Crippen LogP contribution is -2.42. The average molecular weight is 304 g/mol. The molecule has 7 heteroatoms. The summed E-state index contributed by atoms with van der Waals surface area (Å²) in [4.78, 5) is 0. The van der Waals surface area contributed by atoms with Gasteiger partial charge in [-0.2, -0.15) is 12.7 Å². The fraction of sp³-hybridized carbons (Fsp3) is 0.500. The van der Waals surface area contributed by atoms with Crippen molar-refractivity contribution in [3.8, 4) is 0 Å². The molecule has 5 nitrogen and oxygen atoms in total. The third-order valence-electron chi connectivity index (χ3n) is 3.20. The number of benzene rings is 1. The summed E-state index contributed by atoms with van der Waals surface area (Å²) in [5, 5.41) is 0.412. The molecule has 1 heterocycles. The molecule has 0 spiro atoms. The van der Waals surface area contributed by atoms with Crippen molar-refractivity contribution in [2.75, 3.05) is 23.5 Å². The van der Waals surface area contributed by atoms with Gasteiger partial charge in [0.05, 0.1) is 16.4 Å². The van der Waals surface area contributed by atoms with E-state index < -0.39 is 10.2 Å². The van der Waals surface area contributed by atoms with E-state index in [1.807, 2.05) is 0 Å². The third-order valence-corrected chi connectivity index (χ3v) is 5.05. The molecule has 0 aliphatic carbocycles. The van der Waals surface area contributed by atoms with E-state index in [-0.39, 0.29) is 0 Å². The maximum atomic E-state index is 12.2. The van der Waals surface area contributed by atoms with Crippen LogP contribution in [0.2, 0.25) is 5.02 Å². The quantitative estimate of drug-likeness (QED) is 0.841. The van der Waals surface area contributed by atoms with Gasteiger partial charge in [-0.25, -0.2) is 0 Å². The van der Waals surface area contributed by atoms with Gasteiger partial charge in [0.1, 0.15) is 0 Å². The van der Waals surface area contributed by atoms with Gasteiger partial charge in [-0.1, -0.05) is 18.5 Å². The SMILES string of the molecule is CC1CCCN(S(=O)(=O)Nc2ccc(Cl)c(N)c2)C1. The predicted octanol–water partition coefficient (Wildman–Crippen LogP) is 2.31. The van der Waals surface area contributed by atoms with E-state index >= 15 is 0 Å². The molecule has 19 heavy (non-hydrogen) atoms. The first-order valence-corrected chi connectivity index (χ1v) is 8.03. The maximum absolute atomic E-state index is 12.2. The van der Waals surface area contributed by atoms with Crippen LogP contribution < -0.4 is 10.5 Å². The first-order chi connectivity index (χ1) is 8.88. The van der Waals surface area contributed by atoms with Crippen molar-refractivity contribution in [2.45, 2.75) is 19.8 Å². The van der Waals surface area contributed by atoms with Gasteiger partial charge in [0.15, 0.2) is 0 Å². The van der Waals surface area contributed by atoms with Crippen LogP contribution >= 0.6 is 11.6 Å². The molecule has 0 saturated carbocycles. The van der Waals surface area contributed by atoms with Crippen LogP contribution in [0.15, 0.2) is 18.2 Å². The van der Waals surface area contributed by atoms with Crippen LogP contribution in [0, 0.1) is 5.92 Å². The summed E-state index contributed by atoms with van der Waals surface area (Å²) < 4.78 is 28.5. The molecule has 0 aromatic heterocycles. The number of piperidine rings is 1. The molecule has 0 amide bonds. The van der Waals surface area contributed by atoms with E-state index in [9.17, 15) is 8.42 Å². The number of rotatable bonds is 3. The summed E-state index contributed by atoms with van der Waals surface area (Å²) in [6, 6.07) is 4.70. The fourth-order valence-corrected chi connectivity index (χ4v) is 3.68. The number of nitrogens with two attached hydrogens (primary N) is 1. The van der Waals surface area contributed by atoms with Gasteiger partial charge in [0, 0.05) is 13.1 Å². The van der Waals surface area contributed by atoms with E-state index in [2.05, 4.69) is 11.6 Å². The Bertz CT molecular complexity index is 562. The summed E-state index contributed by atoms with van der Waals surface area (Å²) in [7, 11) is -3.51. The van der Waals surface area contributed by atoms with E-state index in [1.165, 1.54) is 10.4 Å². The van der Waals surface area contributed by atoms with Crippen molar-refractivity contribution in [1.29, 1.82) is 0 Å². The molecule has 1 saturated heterocycles. The first kappa shape index (κ1) is 14.4. The molecular formula is C12H18ClN3O2S. The molecule has 1 aromatic rings. The average Bonchev–Trinajstić information content (AvgIpc) is 2.33. The maximum Gasteiger partial charge on any atom is 0.301 e. The van der Waals surface area contributed by atoms with Gasteiger partial charge in [-0.05, 0) is 37.0 Å². The number of anilines is 2. The van der Waals surface area contributed by atoms with Gasteiger partial charge in [0.2, 0.25) is 0 Å². The van der Waals surface area contributed by atoms with E-state index in [0.29, 0.717) is 35.4 Å². The fourth-order valence-electron chi connectivity index (χ4n) is 2.19. The zero-order valence-corrected chi connectivity index (χ0v) is 12.3. The van der Waals surface area contributed by atoms with Crippen LogP contribution in [0.4, 0.5) is 11.4 Å². The molecule has 1 aliphatic heterocycles. The minimum absolute atomic E-state index is 0.355. The van der Waals surface area contributed by atoms with Crippen molar-refractivity contribution >= 4 is 33.2 Å². The molecule has 1 unspecified atom stereocenters. The monoisotopic (exact) mass is 303 g/mol. The molecule has 106 valence electrons. The summed E-state index contributed by atoms with van der Waals surface area (Å²) in [6.07, 6.45) is 1.96. The summed E-state index contributed by atoms with van der Waals surface area (Å²) in [5.74, 6) is 0.389. The number of nitrogens with one attached hydrogen (secondary N) is 1. The Balaban J connectivity index is 2.14. The lowest BCUT2D eigenvalue weighted by atomic mass is 10.0. The van der Waals surface area contributed by atoms with Crippen molar-refractivity contribution < 1.29 is 8.42 Å². The van der Waals surface area contributed by atoms with Crippen LogP contribution in [0.3, 0.4) is 0 Å². The summed E-state index contributed by atoms with van der Waals surface area (Å²) in [5.41, 5.74) is 6.45. The highest BCUT2D eigenvalue weighted by Gasteiger charge is 2.26. The predicted molar refractivity (Wildman–Crippen MR) is 78.4 cm³/mol. The van der Waals surface area contributed by atoms with E-state index in [1.54, 1.807) is 12.1 Å². The van der Waals surface area contributed by atoms with Crippen LogP contribution in [0.5, 0.6) is 0 Å². The second-order valence-corrected chi connectivity index (χ2v) is 7.03. The lowest BCUT2D eigenvalue weighted by molar-refractivity contribution is 0.282. The molecule has 1 atom stereocenters. The molecule has 0 bridgehead atoms. The van der Waals surface area contributed by atoms with Gasteiger partial charge in [-0.3, -0.25) is 4.72 Å². The highest BCUT2D eigenvalue weighted by atomic mass is 35.5. The minimum Gasteiger partial charge on any atom is -0.397 e. The van der Waals surface area contributed by atoms with E-state index in [0.717, 1.165) is 12.8 Å².